The van der Waals surface area contributed by atoms with Crippen LogP contribution in [0.15, 0.2) is 35.3 Å². The average molecular weight is 501 g/mol. The zero-order chi connectivity index (χ0) is 19.7. The minimum Gasteiger partial charge on any atom is -0.357 e. The molecular weight excluding hydrogens is 469 g/mol. The number of carbonyl (C=O) groups excluding carboxylic acids is 2. The molecule has 1 fully saturated rings. The SMILES string of the molecule is CCNC(=NCC(CC)(CC)c1ccccc1)NCCN1C(=O)CNC1=O.I. The zero-order valence-electron chi connectivity index (χ0n) is 17.0. The molecule has 0 spiro atoms. The molecule has 0 atom stereocenters. The van der Waals surface area contributed by atoms with Gasteiger partial charge in [-0.2, -0.15) is 0 Å². The first-order valence-electron chi connectivity index (χ1n) is 9.72. The molecule has 1 aromatic rings. The van der Waals surface area contributed by atoms with Gasteiger partial charge in [-0.25, -0.2) is 4.79 Å². The summed E-state index contributed by atoms with van der Waals surface area (Å²) in [6.45, 7) is 8.68. The van der Waals surface area contributed by atoms with Gasteiger partial charge in [0.05, 0.1) is 13.1 Å². The first-order valence-corrected chi connectivity index (χ1v) is 9.72. The lowest BCUT2D eigenvalue weighted by atomic mass is 9.76. The summed E-state index contributed by atoms with van der Waals surface area (Å²) in [5, 5.41) is 8.99. The summed E-state index contributed by atoms with van der Waals surface area (Å²) in [5.41, 5.74) is 1.29. The summed E-state index contributed by atoms with van der Waals surface area (Å²) in [6.07, 6.45) is 2.00. The summed E-state index contributed by atoms with van der Waals surface area (Å²) in [6, 6.07) is 10.2. The number of halogens is 1. The Bertz CT molecular complexity index is 646. The van der Waals surface area contributed by atoms with Crippen molar-refractivity contribution in [1.82, 2.24) is 20.9 Å². The van der Waals surface area contributed by atoms with Gasteiger partial charge in [-0.05, 0) is 25.3 Å². The predicted octanol–water partition coefficient (Wildman–Crippen LogP) is 2.47. The van der Waals surface area contributed by atoms with Gasteiger partial charge >= 0.3 is 6.03 Å². The van der Waals surface area contributed by atoms with Crippen molar-refractivity contribution in [3.8, 4) is 0 Å². The van der Waals surface area contributed by atoms with Crippen LogP contribution < -0.4 is 16.0 Å². The molecule has 0 radical (unpaired) electrons. The fourth-order valence-corrected chi connectivity index (χ4v) is 3.30. The largest absolute Gasteiger partial charge is 0.357 e. The van der Waals surface area contributed by atoms with Crippen molar-refractivity contribution < 1.29 is 9.59 Å². The molecule has 2 rings (SSSR count). The van der Waals surface area contributed by atoms with Gasteiger partial charge in [0.1, 0.15) is 0 Å². The van der Waals surface area contributed by atoms with E-state index in [4.69, 9.17) is 4.99 Å². The lowest BCUT2D eigenvalue weighted by Gasteiger charge is -2.31. The number of urea groups is 1. The van der Waals surface area contributed by atoms with Crippen LogP contribution in [-0.2, 0) is 10.2 Å². The van der Waals surface area contributed by atoms with Gasteiger partial charge in [-0.1, -0.05) is 44.2 Å². The number of guanidine groups is 1. The number of imide groups is 1. The quantitative estimate of drug-likeness (QED) is 0.210. The van der Waals surface area contributed by atoms with E-state index in [1.165, 1.54) is 10.5 Å². The highest BCUT2D eigenvalue weighted by molar-refractivity contribution is 14.0. The number of nitrogens with one attached hydrogen (secondary N) is 3. The van der Waals surface area contributed by atoms with Crippen LogP contribution in [0.4, 0.5) is 4.79 Å². The maximum absolute atomic E-state index is 11.6. The fraction of sp³-hybridized carbons (Fsp3) is 0.550. The Morgan fingerprint density at radius 3 is 2.36 bits per heavy atom. The van der Waals surface area contributed by atoms with Gasteiger partial charge < -0.3 is 16.0 Å². The minimum atomic E-state index is -0.330. The summed E-state index contributed by atoms with van der Waals surface area (Å²) in [4.78, 5) is 29.3. The molecule has 0 saturated carbocycles. The van der Waals surface area contributed by atoms with Crippen LogP contribution in [0.2, 0.25) is 0 Å². The van der Waals surface area contributed by atoms with Crippen molar-refractivity contribution in [2.45, 2.75) is 39.0 Å². The second-order valence-electron chi connectivity index (χ2n) is 6.68. The third-order valence-corrected chi connectivity index (χ3v) is 5.19. The van der Waals surface area contributed by atoms with E-state index in [9.17, 15) is 9.59 Å². The van der Waals surface area contributed by atoms with Crippen molar-refractivity contribution >= 4 is 41.9 Å². The molecule has 1 aromatic carbocycles. The number of carbonyl (C=O) groups is 2. The maximum atomic E-state index is 11.6. The van der Waals surface area contributed by atoms with E-state index in [1.807, 2.05) is 13.0 Å². The van der Waals surface area contributed by atoms with Gasteiger partial charge in [0.15, 0.2) is 5.96 Å². The van der Waals surface area contributed by atoms with E-state index in [-0.39, 0.29) is 47.9 Å². The zero-order valence-corrected chi connectivity index (χ0v) is 19.3. The molecule has 7 nitrogen and oxygen atoms in total. The van der Waals surface area contributed by atoms with Gasteiger partial charge in [0.2, 0.25) is 5.91 Å². The molecule has 0 unspecified atom stereocenters. The lowest BCUT2D eigenvalue weighted by molar-refractivity contribution is -0.124. The molecule has 156 valence electrons. The summed E-state index contributed by atoms with van der Waals surface area (Å²) in [7, 11) is 0. The Balaban J connectivity index is 0.00000392. The van der Waals surface area contributed by atoms with Crippen molar-refractivity contribution in [3.63, 3.8) is 0 Å². The van der Waals surface area contributed by atoms with E-state index in [0.717, 1.165) is 19.4 Å². The second-order valence-corrected chi connectivity index (χ2v) is 6.68. The van der Waals surface area contributed by atoms with Crippen LogP contribution >= 0.6 is 24.0 Å². The number of rotatable bonds is 9. The first-order chi connectivity index (χ1) is 13.1. The first kappa shape index (κ1) is 24.2. The topological polar surface area (TPSA) is 85.8 Å². The second kappa shape index (κ2) is 11.9. The van der Waals surface area contributed by atoms with E-state index >= 15 is 0 Å². The van der Waals surface area contributed by atoms with E-state index in [0.29, 0.717) is 25.6 Å². The highest BCUT2D eigenvalue weighted by Crippen LogP contribution is 2.31. The molecular formula is C20H32IN5O2. The number of nitrogens with zero attached hydrogens (tertiary/aromatic N) is 2. The number of hydrogen-bond donors (Lipinski definition) is 3. The highest BCUT2D eigenvalue weighted by Gasteiger charge is 2.29. The van der Waals surface area contributed by atoms with Gasteiger partial charge in [-0.3, -0.25) is 14.7 Å². The number of hydrogen-bond acceptors (Lipinski definition) is 3. The standard InChI is InChI=1S/C20H31N5O2.HI/c1-4-20(5-2,16-10-8-7-9-11-16)15-24-18(21-6-3)22-12-13-25-17(26)14-23-19(25)27;/h7-11H,4-6,12-15H2,1-3H3,(H,23,27)(H2,21,22,24);1H. The predicted molar refractivity (Wildman–Crippen MR) is 123 cm³/mol. The third-order valence-electron chi connectivity index (χ3n) is 5.19. The van der Waals surface area contributed by atoms with E-state index in [2.05, 4.69) is 54.1 Å². The Hall–Kier alpha value is -1.84. The van der Waals surface area contributed by atoms with Crippen LogP contribution in [0.25, 0.3) is 0 Å². The molecule has 0 bridgehead atoms. The van der Waals surface area contributed by atoms with Crippen LogP contribution in [-0.4, -0.2) is 55.5 Å². The average Bonchev–Trinajstić information content (AvgIpc) is 3.02. The molecule has 1 aliphatic rings. The Kier molecular flexibility index (Phi) is 10.3. The van der Waals surface area contributed by atoms with E-state index < -0.39 is 0 Å². The maximum Gasteiger partial charge on any atom is 0.324 e. The fourth-order valence-electron chi connectivity index (χ4n) is 3.30. The van der Waals surface area contributed by atoms with Crippen molar-refractivity contribution in [3.05, 3.63) is 35.9 Å². The number of amides is 3. The molecule has 3 N–H and O–H groups in total. The molecule has 28 heavy (non-hydrogen) atoms. The monoisotopic (exact) mass is 501 g/mol. The molecule has 1 heterocycles. The van der Waals surface area contributed by atoms with Crippen LogP contribution in [0.1, 0.15) is 39.2 Å². The summed E-state index contributed by atoms with van der Waals surface area (Å²) < 4.78 is 0. The minimum absolute atomic E-state index is 0. The number of benzene rings is 1. The molecule has 1 aliphatic heterocycles. The third kappa shape index (κ3) is 6.08. The molecule has 3 amide bonds. The lowest BCUT2D eigenvalue weighted by Crippen LogP contribution is -2.44. The van der Waals surface area contributed by atoms with Crippen LogP contribution in [0.3, 0.4) is 0 Å². The molecule has 8 heteroatoms. The van der Waals surface area contributed by atoms with Gasteiger partial charge in [0, 0.05) is 25.0 Å². The molecule has 0 aliphatic carbocycles. The van der Waals surface area contributed by atoms with Crippen molar-refractivity contribution in [1.29, 1.82) is 0 Å². The molecule has 0 aromatic heterocycles. The summed E-state index contributed by atoms with van der Waals surface area (Å²) in [5.74, 6) is 0.510. The highest BCUT2D eigenvalue weighted by atomic mass is 127. The van der Waals surface area contributed by atoms with Gasteiger partial charge in [-0.15, -0.1) is 24.0 Å². The van der Waals surface area contributed by atoms with Crippen LogP contribution in [0, 0.1) is 0 Å². The summed E-state index contributed by atoms with van der Waals surface area (Å²) >= 11 is 0. The molecule has 1 saturated heterocycles. The Labute approximate surface area is 184 Å². The van der Waals surface area contributed by atoms with Gasteiger partial charge in [0.25, 0.3) is 0 Å². The van der Waals surface area contributed by atoms with E-state index in [1.54, 1.807) is 0 Å². The smallest absolute Gasteiger partial charge is 0.324 e. The van der Waals surface area contributed by atoms with Crippen molar-refractivity contribution in [2.75, 3.05) is 32.7 Å². The normalized spacial score (nSPS) is 14.5. The Morgan fingerprint density at radius 2 is 1.82 bits per heavy atom. The Morgan fingerprint density at radius 1 is 1.14 bits per heavy atom. The van der Waals surface area contributed by atoms with Crippen molar-refractivity contribution in [2.24, 2.45) is 4.99 Å². The number of aliphatic imine (C=N–C) groups is 1. The van der Waals surface area contributed by atoms with Crippen LogP contribution in [0.5, 0.6) is 0 Å².